The molecule has 0 fully saturated rings. The zero-order chi connectivity index (χ0) is 29.4. The molecule has 0 spiro atoms. The molecule has 41 heavy (non-hydrogen) atoms. The van der Waals surface area contributed by atoms with Crippen LogP contribution in [0, 0.1) is 0 Å². The van der Waals surface area contributed by atoms with Gasteiger partial charge in [0, 0.05) is 50.0 Å². The fourth-order valence-corrected chi connectivity index (χ4v) is 5.27. The number of aliphatic hydroxyl groups is 2. The zero-order valence-corrected chi connectivity index (χ0v) is 24.1. The number of rotatable bonds is 14. The highest BCUT2D eigenvalue weighted by Gasteiger charge is 2.29. The van der Waals surface area contributed by atoms with Crippen LogP contribution in [0.2, 0.25) is 0 Å². The molecule has 9 nitrogen and oxygen atoms in total. The van der Waals surface area contributed by atoms with Crippen LogP contribution in [0.25, 0.3) is 0 Å². The number of benzene rings is 3. The Bertz CT molecular complexity index is 1290. The molecule has 0 bridgehead atoms. The van der Waals surface area contributed by atoms with Crippen LogP contribution in [0.15, 0.2) is 60.7 Å². The van der Waals surface area contributed by atoms with Crippen molar-refractivity contribution < 1.29 is 34.0 Å². The quantitative estimate of drug-likeness (QED) is 0.255. The van der Waals surface area contributed by atoms with Crippen molar-refractivity contribution in [3.63, 3.8) is 0 Å². The van der Waals surface area contributed by atoms with Crippen molar-refractivity contribution in [2.75, 3.05) is 41.0 Å². The van der Waals surface area contributed by atoms with E-state index in [1.165, 1.54) is 18.2 Å². The summed E-state index contributed by atoms with van der Waals surface area (Å²) in [4.78, 5) is 15.3. The van der Waals surface area contributed by atoms with Crippen molar-refractivity contribution in [1.29, 1.82) is 0 Å². The molecule has 3 aromatic rings. The maximum absolute atomic E-state index is 13.1. The minimum Gasteiger partial charge on any atom is -0.497 e. The van der Waals surface area contributed by atoms with Gasteiger partial charge in [0.05, 0.1) is 32.5 Å². The summed E-state index contributed by atoms with van der Waals surface area (Å²) in [5, 5.41) is 24.0. The van der Waals surface area contributed by atoms with Crippen LogP contribution in [-0.2, 0) is 24.1 Å². The first-order valence-electron chi connectivity index (χ1n) is 13.8. The van der Waals surface area contributed by atoms with Crippen molar-refractivity contribution >= 4 is 5.91 Å². The number of fused-ring (bicyclic) bond motifs is 1. The largest absolute Gasteiger partial charge is 0.497 e. The van der Waals surface area contributed by atoms with Gasteiger partial charge < -0.3 is 34.5 Å². The minimum absolute atomic E-state index is 0.0583. The molecule has 220 valence electrons. The van der Waals surface area contributed by atoms with Crippen LogP contribution in [0.4, 0.5) is 0 Å². The van der Waals surface area contributed by atoms with Gasteiger partial charge in [0.25, 0.3) is 5.91 Å². The SMILES string of the molecule is CCOc1cc(C(O)OC)ccc1C(=O)NC[C@@H](O)CN(Cc1ccc(OC)cc1OC)C1Cc2ccccc2C1. The Morgan fingerprint density at radius 2 is 1.71 bits per heavy atom. The standard InChI is InChI=1S/C32H40N2O7/c1-5-41-30-16-23(32(37)40-4)11-13-28(30)31(36)33-18-26(35)20-34(25-14-21-8-6-7-9-22(21)15-25)19-24-10-12-27(38-2)17-29(24)39-3/h6-13,16-17,25-26,32,35,37H,5,14-15,18-20H2,1-4H3,(H,33,36)/t26-,32?/m1/s1. The number of aliphatic hydroxyl groups excluding tert-OH is 2. The van der Waals surface area contributed by atoms with Crippen molar-refractivity contribution in [3.05, 3.63) is 88.5 Å². The number of carbonyl (C=O) groups excluding carboxylic acids is 1. The predicted molar refractivity (Wildman–Crippen MR) is 156 cm³/mol. The van der Waals surface area contributed by atoms with E-state index in [0.29, 0.717) is 42.3 Å². The number of hydrogen-bond donors (Lipinski definition) is 3. The summed E-state index contributed by atoms with van der Waals surface area (Å²) in [7, 11) is 4.65. The molecular weight excluding hydrogens is 524 g/mol. The Labute approximate surface area is 241 Å². The lowest BCUT2D eigenvalue weighted by atomic mass is 10.1. The predicted octanol–water partition coefficient (Wildman–Crippen LogP) is 3.50. The molecule has 1 amide bonds. The maximum atomic E-state index is 13.1. The number of amides is 1. The Morgan fingerprint density at radius 3 is 2.34 bits per heavy atom. The van der Waals surface area contributed by atoms with E-state index >= 15 is 0 Å². The molecule has 4 rings (SSSR count). The van der Waals surface area contributed by atoms with Gasteiger partial charge in [0.15, 0.2) is 6.29 Å². The molecule has 9 heteroatoms. The van der Waals surface area contributed by atoms with Gasteiger partial charge in [0.1, 0.15) is 17.2 Å². The Balaban J connectivity index is 1.47. The first kappa shape index (κ1) is 30.3. The minimum atomic E-state index is -1.12. The van der Waals surface area contributed by atoms with Crippen molar-refractivity contribution in [2.45, 2.75) is 44.7 Å². The van der Waals surface area contributed by atoms with E-state index in [9.17, 15) is 15.0 Å². The van der Waals surface area contributed by atoms with Gasteiger partial charge in [-0.25, -0.2) is 0 Å². The lowest BCUT2D eigenvalue weighted by Crippen LogP contribution is -2.44. The number of carbonyl (C=O) groups is 1. The number of hydrogen-bond acceptors (Lipinski definition) is 8. The molecule has 0 aromatic heterocycles. The molecular formula is C32H40N2O7. The average molecular weight is 565 g/mol. The number of methoxy groups -OCH3 is 3. The molecule has 0 aliphatic heterocycles. The molecule has 3 N–H and O–H groups in total. The van der Waals surface area contributed by atoms with Crippen molar-refractivity contribution in [1.82, 2.24) is 10.2 Å². The van der Waals surface area contributed by atoms with E-state index in [4.69, 9.17) is 18.9 Å². The molecule has 1 unspecified atom stereocenters. The van der Waals surface area contributed by atoms with Crippen LogP contribution in [0.3, 0.4) is 0 Å². The van der Waals surface area contributed by atoms with Crippen LogP contribution in [0.1, 0.15) is 45.8 Å². The molecule has 3 aromatic carbocycles. The van der Waals surface area contributed by atoms with Gasteiger partial charge in [0.2, 0.25) is 0 Å². The van der Waals surface area contributed by atoms with Crippen LogP contribution < -0.4 is 19.5 Å². The first-order chi connectivity index (χ1) is 19.9. The fraction of sp³-hybridized carbons (Fsp3) is 0.406. The highest BCUT2D eigenvalue weighted by Crippen LogP contribution is 2.30. The van der Waals surface area contributed by atoms with Gasteiger partial charge in [-0.05, 0) is 49.1 Å². The van der Waals surface area contributed by atoms with Gasteiger partial charge in [-0.2, -0.15) is 0 Å². The van der Waals surface area contributed by atoms with E-state index in [0.717, 1.165) is 24.2 Å². The highest BCUT2D eigenvalue weighted by atomic mass is 16.6. The Morgan fingerprint density at radius 1 is 0.976 bits per heavy atom. The van der Waals surface area contributed by atoms with Gasteiger partial charge in [-0.1, -0.05) is 36.4 Å². The van der Waals surface area contributed by atoms with Gasteiger partial charge >= 0.3 is 0 Å². The molecule has 0 radical (unpaired) electrons. The molecule has 0 saturated carbocycles. The van der Waals surface area contributed by atoms with Crippen LogP contribution in [-0.4, -0.2) is 74.2 Å². The summed E-state index contributed by atoms with van der Waals surface area (Å²) in [6.45, 7) is 3.14. The maximum Gasteiger partial charge on any atom is 0.255 e. The van der Waals surface area contributed by atoms with E-state index in [-0.39, 0.29) is 18.5 Å². The van der Waals surface area contributed by atoms with E-state index in [1.807, 2.05) is 25.1 Å². The summed E-state index contributed by atoms with van der Waals surface area (Å²) in [5.74, 6) is 1.40. The zero-order valence-electron chi connectivity index (χ0n) is 24.1. The molecule has 1 aliphatic rings. The number of ether oxygens (including phenoxy) is 4. The lowest BCUT2D eigenvalue weighted by Gasteiger charge is -2.31. The third-order valence-electron chi connectivity index (χ3n) is 7.42. The fourth-order valence-electron chi connectivity index (χ4n) is 5.27. The summed E-state index contributed by atoms with van der Waals surface area (Å²) < 4.78 is 21.6. The number of nitrogens with one attached hydrogen (secondary N) is 1. The first-order valence-corrected chi connectivity index (χ1v) is 13.8. The second-order valence-electron chi connectivity index (χ2n) is 10.1. The Kier molecular flexibility index (Phi) is 10.6. The highest BCUT2D eigenvalue weighted by molar-refractivity contribution is 5.97. The molecule has 0 heterocycles. The van der Waals surface area contributed by atoms with Crippen molar-refractivity contribution in [2.24, 2.45) is 0 Å². The van der Waals surface area contributed by atoms with Crippen LogP contribution in [0.5, 0.6) is 17.2 Å². The van der Waals surface area contributed by atoms with Gasteiger partial charge in [-0.15, -0.1) is 0 Å². The summed E-state index contributed by atoms with van der Waals surface area (Å²) in [5.41, 5.74) is 4.42. The van der Waals surface area contributed by atoms with E-state index < -0.39 is 12.4 Å². The Hall–Kier alpha value is -3.63. The molecule has 2 atom stereocenters. The monoisotopic (exact) mass is 564 g/mol. The summed E-state index contributed by atoms with van der Waals surface area (Å²) in [6, 6.07) is 19.2. The second kappa shape index (κ2) is 14.3. The smallest absolute Gasteiger partial charge is 0.255 e. The third kappa shape index (κ3) is 7.56. The molecule has 0 saturated heterocycles. The summed E-state index contributed by atoms with van der Waals surface area (Å²) in [6.07, 6.45) is -0.182. The average Bonchev–Trinajstić information content (AvgIpc) is 3.44. The lowest BCUT2D eigenvalue weighted by molar-refractivity contribution is -0.0770. The van der Waals surface area contributed by atoms with E-state index in [1.54, 1.807) is 32.4 Å². The van der Waals surface area contributed by atoms with Gasteiger partial charge in [-0.3, -0.25) is 9.69 Å². The van der Waals surface area contributed by atoms with Crippen molar-refractivity contribution in [3.8, 4) is 17.2 Å². The normalized spacial score (nSPS) is 14.4. The summed E-state index contributed by atoms with van der Waals surface area (Å²) >= 11 is 0. The van der Waals surface area contributed by atoms with Crippen LogP contribution >= 0.6 is 0 Å². The topological polar surface area (TPSA) is 110 Å². The third-order valence-corrected chi connectivity index (χ3v) is 7.42. The van der Waals surface area contributed by atoms with E-state index in [2.05, 4.69) is 34.5 Å². The molecule has 1 aliphatic carbocycles. The second-order valence-corrected chi connectivity index (χ2v) is 10.1. The number of nitrogens with zero attached hydrogens (tertiary/aromatic N) is 1.